The first-order valence-electron chi connectivity index (χ1n) is 3.98. The molecule has 0 bridgehead atoms. The van der Waals surface area contributed by atoms with E-state index < -0.39 is 5.82 Å². The molecule has 1 aromatic heterocycles. The molecule has 0 amide bonds. The van der Waals surface area contributed by atoms with E-state index in [1.54, 1.807) is 6.07 Å². The molecule has 0 saturated carbocycles. The summed E-state index contributed by atoms with van der Waals surface area (Å²) >= 11 is 0. The van der Waals surface area contributed by atoms with E-state index in [1.807, 2.05) is 0 Å². The molecule has 0 spiro atoms. The number of rotatable bonds is 2. The van der Waals surface area contributed by atoms with E-state index in [4.69, 9.17) is 14.3 Å². The van der Waals surface area contributed by atoms with Crippen molar-refractivity contribution in [2.24, 2.45) is 0 Å². The van der Waals surface area contributed by atoms with Crippen molar-refractivity contribution >= 4 is 11.1 Å². The Morgan fingerprint density at radius 2 is 2.36 bits per heavy atom. The number of hydrogen-bond acceptors (Lipinski definition) is 4. The lowest BCUT2D eigenvalue weighted by Crippen LogP contribution is -1.84. The molecule has 2 aromatic rings. The number of ether oxygens (including phenoxy) is 1. The van der Waals surface area contributed by atoms with Gasteiger partial charge in [0.25, 0.3) is 0 Å². The van der Waals surface area contributed by atoms with Crippen LogP contribution in [0.4, 0.5) is 4.39 Å². The highest BCUT2D eigenvalue weighted by Crippen LogP contribution is 2.24. The minimum atomic E-state index is -0.549. The maximum absolute atomic E-state index is 13.3. The summed E-state index contributed by atoms with van der Waals surface area (Å²) in [5.74, 6) is -0.0912. The molecule has 5 heteroatoms. The molecule has 0 aliphatic carbocycles. The summed E-state index contributed by atoms with van der Waals surface area (Å²) in [6.07, 6.45) is 0. The third-order valence-corrected chi connectivity index (χ3v) is 1.83. The van der Waals surface area contributed by atoms with Crippen molar-refractivity contribution in [2.75, 3.05) is 7.11 Å². The Hall–Kier alpha value is -1.62. The van der Waals surface area contributed by atoms with Crippen molar-refractivity contribution in [2.45, 2.75) is 6.61 Å². The van der Waals surface area contributed by atoms with Crippen LogP contribution in [0.1, 0.15) is 5.89 Å². The van der Waals surface area contributed by atoms with Crippen molar-refractivity contribution < 1.29 is 18.7 Å². The second kappa shape index (κ2) is 3.26. The fraction of sp³-hybridized carbons (Fsp3) is 0.222. The summed E-state index contributed by atoms with van der Waals surface area (Å²) in [6.45, 7) is -0.351. The molecule has 0 fully saturated rings. The molecule has 0 aliphatic rings. The summed E-state index contributed by atoms with van der Waals surface area (Å²) in [5, 5.41) is 8.75. The number of oxazole rings is 1. The SMILES string of the molecule is COc1cc(F)c2oc(CO)nc2c1. The lowest BCUT2D eigenvalue weighted by atomic mass is 10.3. The monoisotopic (exact) mass is 197 g/mol. The molecule has 1 aromatic carbocycles. The Labute approximate surface area is 78.9 Å². The number of aliphatic hydroxyl groups is 1. The number of aromatic nitrogens is 1. The van der Waals surface area contributed by atoms with E-state index in [9.17, 15) is 4.39 Å². The predicted molar refractivity (Wildman–Crippen MR) is 46.4 cm³/mol. The van der Waals surface area contributed by atoms with Gasteiger partial charge in [0, 0.05) is 12.1 Å². The normalized spacial score (nSPS) is 10.8. The van der Waals surface area contributed by atoms with Crippen LogP contribution in [-0.4, -0.2) is 17.2 Å². The van der Waals surface area contributed by atoms with Crippen LogP contribution in [0, 0.1) is 5.82 Å². The third kappa shape index (κ3) is 1.31. The van der Waals surface area contributed by atoms with Crippen molar-refractivity contribution in [3.05, 3.63) is 23.8 Å². The number of fused-ring (bicyclic) bond motifs is 1. The van der Waals surface area contributed by atoms with Crippen molar-refractivity contribution in [1.82, 2.24) is 4.98 Å². The Morgan fingerprint density at radius 3 is 3.00 bits per heavy atom. The lowest BCUT2D eigenvalue weighted by molar-refractivity contribution is 0.243. The molecule has 1 heterocycles. The maximum atomic E-state index is 13.3. The third-order valence-electron chi connectivity index (χ3n) is 1.83. The van der Waals surface area contributed by atoms with Gasteiger partial charge in [-0.25, -0.2) is 9.37 Å². The van der Waals surface area contributed by atoms with Gasteiger partial charge in [-0.3, -0.25) is 0 Å². The number of hydrogen-bond donors (Lipinski definition) is 1. The van der Waals surface area contributed by atoms with Crippen LogP contribution in [0.25, 0.3) is 11.1 Å². The molecule has 0 unspecified atom stereocenters. The van der Waals surface area contributed by atoms with E-state index in [2.05, 4.69) is 4.98 Å². The van der Waals surface area contributed by atoms with Gasteiger partial charge in [-0.15, -0.1) is 0 Å². The first kappa shape index (κ1) is 8.96. The van der Waals surface area contributed by atoms with Crippen LogP contribution in [0.3, 0.4) is 0 Å². The van der Waals surface area contributed by atoms with E-state index in [0.717, 1.165) is 0 Å². The van der Waals surface area contributed by atoms with Gasteiger partial charge < -0.3 is 14.3 Å². The highest BCUT2D eigenvalue weighted by atomic mass is 19.1. The minimum absolute atomic E-state index is 0.0369. The van der Waals surface area contributed by atoms with Gasteiger partial charge in [0.05, 0.1) is 7.11 Å². The zero-order valence-electron chi connectivity index (χ0n) is 7.45. The summed E-state index contributed by atoms with van der Waals surface area (Å²) in [6, 6.07) is 2.75. The summed E-state index contributed by atoms with van der Waals surface area (Å²) < 4.78 is 23.1. The molecular formula is C9H8FNO3. The molecule has 2 rings (SSSR count). The molecule has 0 radical (unpaired) electrons. The van der Waals surface area contributed by atoms with E-state index in [1.165, 1.54) is 13.2 Å². The van der Waals surface area contributed by atoms with Crippen molar-refractivity contribution in [1.29, 1.82) is 0 Å². The maximum Gasteiger partial charge on any atom is 0.221 e. The molecule has 0 atom stereocenters. The number of aliphatic hydroxyl groups excluding tert-OH is 1. The molecule has 0 saturated heterocycles. The first-order chi connectivity index (χ1) is 6.74. The van der Waals surface area contributed by atoms with Gasteiger partial charge in [-0.2, -0.15) is 0 Å². The van der Waals surface area contributed by atoms with E-state index >= 15 is 0 Å². The Morgan fingerprint density at radius 1 is 1.57 bits per heavy atom. The summed E-state index contributed by atoms with van der Waals surface area (Å²) in [7, 11) is 1.44. The van der Waals surface area contributed by atoms with Crippen LogP contribution in [0.15, 0.2) is 16.5 Å². The fourth-order valence-electron chi connectivity index (χ4n) is 1.20. The molecule has 1 N–H and O–H groups in total. The highest BCUT2D eigenvalue weighted by molar-refractivity contribution is 5.75. The van der Waals surface area contributed by atoms with Crippen LogP contribution < -0.4 is 4.74 Å². The Bertz CT molecular complexity index is 466. The van der Waals surface area contributed by atoms with Gasteiger partial charge in [-0.05, 0) is 0 Å². The van der Waals surface area contributed by atoms with E-state index in [0.29, 0.717) is 11.3 Å². The molecule has 4 nitrogen and oxygen atoms in total. The summed E-state index contributed by atoms with van der Waals surface area (Å²) in [4.78, 5) is 3.86. The zero-order valence-corrected chi connectivity index (χ0v) is 7.45. The second-order valence-electron chi connectivity index (χ2n) is 2.72. The van der Waals surface area contributed by atoms with Crippen molar-refractivity contribution in [3.63, 3.8) is 0 Å². The smallest absolute Gasteiger partial charge is 0.221 e. The molecule has 14 heavy (non-hydrogen) atoms. The van der Waals surface area contributed by atoms with Gasteiger partial charge in [0.1, 0.15) is 17.9 Å². The minimum Gasteiger partial charge on any atom is -0.497 e. The van der Waals surface area contributed by atoms with Gasteiger partial charge in [-0.1, -0.05) is 0 Å². The number of halogens is 1. The number of nitrogens with zero attached hydrogens (tertiary/aromatic N) is 1. The average molecular weight is 197 g/mol. The van der Waals surface area contributed by atoms with Gasteiger partial charge in [0.15, 0.2) is 11.4 Å². The molecule has 74 valence electrons. The molecular weight excluding hydrogens is 189 g/mol. The van der Waals surface area contributed by atoms with Crippen molar-refractivity contribution in [3.8, 4) is 5.75 Å². The molecule has 0 aliphatic heterocycles. The standard InChI is InChI=1S/C9H8FNO3/c1-13-5-2-6(10)9-7(3-5)11-8(4-12)14-9/h2-3,12H,4H2,1H3. The summed E-state index contributed by atoms with van der Waals surface area (Å²) in [5.41, 5.74) is 0.376. The fourth-order valence-corrected chi connectivity index (χ4v) is 1.20. The Kier molecular flexibility index (Phi) is 2.09. The number of methoxy groups -OCH3 is 1. The highest BCUT2D eigenvalue weighted by Gasteiger charge is 2.11. The predicted octanol–water partition coefficient (Wildman–Crippen LogP) is 1.47. The quantitative estimate of drug-likeness (QED) is 0.791. The van der Waals surface area contributed by atoms with Crippen LogP contribution in [-0.2, 0) is 6.61 Å². The van der Waals surface area contributed by atoms with Crippen LogP contribution in [0.2, 0.25) is 0 Å². The average Bonchev–Trinajstić information content (AvgIpc) is 2.61. The van der Waals surface area contributed by atoms with Gasteiger partial charge >= 0.3 is 0 Å². The first-order valence-corrected chi connectivity index (χ1v) is 3.98. The van der Waals surface area contributed by atoms with Crippen LogP contribution in [0.5, 0.6) is 5.75 Å². The Balaban J connectivity index is 2.67. The van der Waals surface area contributed by atoms with E-state index in [-0.39, 0.29) is 18.1 Å². The van der Waals surface area contributed by atoms with Crippen LogP contribution >= 0.6 is 0 Å². The number of benzene rings is 1. The topological polar surface area (TPSA) is 55.5 Å². The second-order valence-corrected chi connectivity index (χ2v) is 2.72. The lowest BCUT2D eigenvalue weighted by Gasteiger charge is -1.97. The zero-order chi connectivity index (χ0) is 10.1. The largest absolute Gasteiger partial charge is 0.497 e. The van der Waals surface area contributed by atoms with Gasteiger partial charge in [0.2, 0.25) is 5.89 Å².